The van der Waals surface area contributed by atoms with Crippen LogP contribution in [-0.4, -0.2) is 23.8 Å². The van der Waals surface area contributed by atoms with Crippen molar-refractivity contribution in [3.63, 3.8) is 0 Å². The van der Waals surface area contributed by atoms with E-state index in [4.69, 9.17) is 4.74 Å². The van der Waals surface area contributed by atoms with Gasteiger partial charge in [0.1, 0.15) is 5.75 Å². The van der Waals surface area contributed by atoms with E-state index in [-0.39, 0.29) is 0 Å². The van der Waals surface area contributed by atoms with Gasteiger partial charge in [0.2, 0.25) is 0 Å². The number of benzene rings is 2. The number of hydrogen-bond acceptors (Lipinski definition) is 3. The van der Waals surface area contributed by atoms with Crippen LogP contribution in [-0.2, 0) is 0 Å². The van der Waals surface area contributed by atoms with Crippen molar-refractivity contribution in [2.75, 3.05) is 6.61 Å². The van der Waals surface area contributed by atoms with Crippen LogP contribution in [0.4, 0.5) is 0 Å². The highest BCUT2D eigenvalue weighted by molar-refractivity contribution is 6.63. The van der Waals surface area contributed by atoms with Gasteiger partial charge >= 0.3 is 7.12 Å². The summed E-state index contributed by atoms with van der Waals surface area (Å²) in [6, 6.07) is 11.4. The first-order valence-corrected chi connectivity index (χ1v) is 6.76. The Kier molecular flexibility index (Phi) is 3.45. The molecule has 1 fully saturated rings. The first kappa shape index (κ1) is 12.5. The number of fused-ring (bicyclic) bond motifs is 1. The number of hydrogen-bond donors (Lipinski definition) is 2. The summed E-state index contributed by atoms with van der Waals surface area (Å²) in [4.78, 5) is 0. The lowest BCUT2D eigenvalue weighted by Crippen LogP contribution is -2.32. The van der Waals surface area contributed by atoms with Crippen molar-refractivity contribution in [1.29, 1.82) is 0 Å². The third kappa shape index (κ3) is 2.75. The molecule has 0 saturated heterocycles. The van der Waals surface area contributed by atoms with E-state index in [9.17, 15) is 10.0 Å². The summed E-state index contributed by atoms with van der Waals surface area (Å²) in [7, 11) is -1.51. The zero-order chi connectivity index (χ0) is 13.2. The van der Waals surface area contributed by atoms with Crippen molar-refractivity contribution in [3.8, 4) is 5.75 Å². The van der Waals surface area contributed by atoms with Crippen LogP contribution < -0.4 is 10.2 Å². The normalized spacial score (nSPS) is 14.6. The zero-order valence-electron chi connectivity index (χ0n) is 10.7. The van der Waals surface area contributed by atoms with E-state index in [2.05, 4.69) is 0 Å². The van der Waals surface area contributed by atoms with Crippen molar-refractivity contribution in [2.24, 2.45) is 5.92 Å². The van der Waals surface area contributed by atoms with Crippen molar-refractivity contribution in [1.82, 2.24) is 0 Å². The second-order valence-electron chi connectivity index (χ2n) is 5.15. The fourth-order valence-corrected chi connectivity index (χ4v) is 2.41. The predicted octanol–water partition coefficient (Wildman–Crippen LogP) is 1.70. The van der Waals surface area contributed by atoms with Crippen molar-refractivity contribution >= 4 is 23.4 Å². The molecule has 0 bridgehead atoms. The highest BCUT2D eigenvalue weighted by Crippen LogP contribution is 2.32. The van der Waals surface area contributed by atoms with Crippen molar-refractivity contribution in [2.45, 2.75) is 19.3 Å². The van der Waals surface area contributed by atoms with Crippen LogP contribution in [0.3, 0.4) is 0 Å². The average molecular weight is 256 g/mol. The lowest BCUT2D eigenvalue weighted by atomic mass is 9.76. The maximum Gasteiger partial charge on any atom is 0.492 e. The quantitative estimate of drug-likeness (QED) is 0.800. The van der Waals surface area contributed by atoms with Crippen LogP contribution >= 0.6 is 0 Å². The van der Waals surface area contributed by atoms with Gasteiger partial charge in [0, 0.05) is 5.46 Å². The van der Waals surface area contributed by atoms with E-state index in [0.717, 1.165) is 23.1 Å². The van der Waals surface area contributed by atoms with Gasteiger partial charge in [0.25, 0.3) is 0 Å². The van der Waals surface area contributed by atoms with Gasteiger partial charge < -0.3 is 14.8 Å². The molecule has 1 saturated carbocycles. The third-order valence-corrected chi connectivity index (χ3v) is 3.67. The summed E-state index contributed by atoms with van der Waals surface area (Å²) in [6.07, 6.45) is 3.65. The molecule has 3 nitrogen and oxygen atoms in total. The van der Waals surface area contributed by atoms with Gasteiger partial charge in [-0.25, -0.2) is 0 Å². The smallest absolute Gasteiger partial charge is 0.492 e. The molecule has 2 aromatic rings. The molecule has 0 aromatic heterocycles. The minimum Gasteiger partial charge on any atom is -0.494 e. The third-order valence-electron chi connectivity index (χ3n) is 3.67. The Morgan fingerprint density at radius 1 is 1.11 bits per heavy atom. The van der Waals surface area contributed by atoms with E-state index in [0.29, 0.717) is 17.8 Å². The monoisotopic (exact) mass is 256 g/mol. The molecule has 4 heteroatoms. The Balaban J connectivity index is 1.90. The molecule has 0 amide bonds. The molecule has 2 aromatic carbocycles. The van der Waals surface area contributed by atoms with E-state index >= 15 is 0 Å². The predicted molar refractivity (Wildman–Crippen MR) is 76.6 cm³/mol. The largest absolute Gasteiger partial charge is 0.494 e. The zero-order valence-corrected chi connectivity index (χ0v) is 10.7. The first-order valence-electron chi connectivity index (χ1n) is 6.76. The molecular weight excluding hydrogens is 239 g/mol. The van der Waals surface area contributed by atoms with Gasteiger partial charge in [-0.2, -0.15) is 0 Å². The molecule has 0 atom stereocenters. The van der Waals surface area contributed by atoms with E-state index in [1.165, 1.54) is 12.8 Å². The molecule has 19 heavy (non-hydrogen) atoms. The molecule has 0 radical (unpaired) electrons. The Hall–Kier alpha value is -1.52. The molecule has 3 rings (SSSR count). The van der Waals surface area contributed by atoms with Gasteiger partial charge in [0.15, 0.2) is 0 Å². The van der Waals surface area contributed by atoms with Crippen molar-refractivity contribution < 1.29 is 14.8 Å². The summed E-state index contributed by atoms with van der Waals surface area (Å²) >= 11 is 0. The molecule has 2 N–H and O–H groups in total. The lowest BCUT2D eigenvalue weighted by molar-refractivity contribution is 0.303. The van der Waals surface area contributed by atoms with Crippen molar-refractivity contribution in [3.05, 3.63) is 36.4 Å². The second kappa shape index (κ2) is 5.23. The Labute approximate surface area is 113 Å². The molecule has 0 heterocycles. The Morgan fingerprint density at radius 3 is 2.63 bits per heavy atom. The average Bonchev–Trinajstić information content (AvgIpc) is 3.22. The Bertz CT molecular complexity index is 579. The van der Waals surface area contributed by atoms with Gasteiger partial charge in [-0.3, -0.25) is 0 Å². The summed E-state index contributed by atoms with van der Waals surface area (Å²) in [5.41, 5.74) is 0.467. The van der Waals surface area contributed by atoms with E-state index in [1.807, 2.05) is 36.4 Å². The fraction of sp³-hybridized carbons (Fsp3) is 0.333. The van der Waals surface area contributed by atoms with Crippen LogP contribution in [0.15, 0.2) is 36.4 Å². The second-order valence-corrected chi connectivity index (χ2v) is 5.15. The molecule has 1 aliphatic rings. The van der Waals surface area contributed by atoms with Gasteiger partial charge in [-0.1, -0.05) is 43.2 Å². The van der Waals surface area contributed by atoms with Gasteiger partial charge in [0.05, 0.1) is 6.61 Å². The highest BCUT2D eigenvalue weighted by atomic mass is 16.5. The number of ether oxygens (including phenoxy) is 1. The molecule has 98 valence electrons. The standard InChI is InChI=1S/C15H17BO3/c17-16(18)15-13-4-2-1-3-12(13)7-8-14(15)19-10-9-11-5-6-11/h1-4,7-8,11,17-18H,5-6,9-10H2. The maximum absolute atomic E-state index is 9.60. The van der Waals surface area contributed by atoms with Crippen LogP contribution in [0.25, 0.3) is 10.8 Å². The van der Waals surface area contributed by atoms with Crippen LogP contribution in [0, 0.1) is 5.92 Å². The first-order chi connectivity index (χ1) is 9.25. The van der Waals surface area contributed by atoms with Gasteiger partial charge in [-0.15, -0.1) is 0 Å². The van der Waals surface area contributed by atoms with E-state index < -0.39 is 7.12 Å². The summed E-state index contributed by atoms with van der Waals surface area (Å²) in [5, 5.41) is 21.0. The fourth-order valence-electron chi connectivity index (χ4n) is 2.41. The molecule has 1 aliphatic carbocycles. The summed E-state index contributed by atoms with van der Waals surface area (Å²) in [5.74, 6) is 1.39. The van der Waals surface area contributed by atoms with Crippen LogP contribution in [0.5, 0.6) is 5.75 Å². The summed E-state index contributed by atoms with van der Waals surface area (Å²) in [6.45, 7) is 0.642. The van der Waals surface area contributed by atoms with Crippen LogP contribution in [0.1, 0.15) is 19.3 Å². The van der Waals surface area contributed by atoms with Crippen LogP contribution in [0.2, 0.25) is 0 Å². The lowest BCUT2D eigenvalue weighted by Gasteiger charge is -2.13. The Morgan fingerprint density at radius 2 is 1.89 bits per heavy atom. The minimum absolute atomic E-state index is 0.467. The SMILES string of the molecule is OB(O)c1c(OCCC2CC2)ccc2ccccc12. The topological polar surface area (TPSA) is 49.7 Å². The molecule has 0 spiro atoms. The van der Waals surface area contributed by atoms with E-state index in [1.54, 1.807) is 0 Å². The highest BCUT2D eigenvalue weighted by Gasteiger charge is 2.23. The van der Waals surface area contributed by atoms with Gasteiger partial charge in [-0.05, 0) is 29.2 Å². The minimum atomic E-state index is -1.51. The summed E-state index contributed by atoms with van der Waals surface area (Å²) < 4.78 is 5.74. The molecular formula is C15H17BO3. The number of rotatable bonds is 5. The maximum atomic E-state index is 9.60. The molecule has 0 aliphatic heterocycles. The molecule has 0 unspecified atom stereocenters.